The van der Waals surface area contributed by atoms with E-state index in [1.54, 1.807) is 6.07 Å². The van der Waals surface area contributed by atoms with Crippen molar-refractivity contribution >= 4 is 11.8 Å². The molecule has 0 aliphatic carbocycles. The van der Waals surface area contributed by atoms with Gasteiger partial charge in [-0.05, 0) is 12.1 Å². The second-order valence-corrected chi connectivity index (χ2v) is 3.02. The Labute approximate surface area is 90.0 Å². The van der Waals surface area contributed by atoms with Gasteiger partial charge in [0.2, 0.25) is 0 Å². The van der Waals surface area contributed by atoms with Crippen molar-refractivity contribution < 1.29 is 13.9 Å². The summed E-state index contributed by atoms with van der Waals surface area (Å²) in [5, 5.41) is 5.95. The monoisotopic (exact) mass is 221 g/mol. The molecular weight excluding hydrogens is 213 g/mol. The number of H-pyrrole nitrogens is 1. The van der Waals surface area contributed by atoms with Crippen LogP contribution in [0.4, 0.5) is 10.2 Å². The molecule has 1 aromatic heterocycles. The number of rotatable bonds is 2. The fourth-order valence-electron chi connectivity index (χ4n) is 1.14. The Hall–Kier alpha value is -2.37. The molecule has 2 aromatic rings. The predicted octanol–water partition coefficient (Wildman–Crippen LogP) is 1.35. The average Bonchev–Trinajstić information content (AvgIpc) is 2.68. The number of nitrogens with two attached hydrogens (primary N) is 1. The zero-order valence-electron chi connectivity index (χ0n) is 8.11. The number of benzene rings is 1. The Morgan fingerprint density at radius 3 is 2.81 bits per heavy atom. The molecular formula is C10H8FN3O2. The number of halogens is 1. The van der Waals surface area contributed by atoms with E-state index in [2.05, 4.69) is 10.2 Å². The number of ether oxygens (including phenoxy) is 1. The van der Waals surface area contributed by atoms with Crippen LogP contribution in [0.3, 0.4) is 0 Å². The number of anilines is 1. The third-order valence-corrected chi connectivity index (χ3v) is 1.93. The Balaban J connectivity index is 2.21. The molecule has 0 aliphatic rings. The number of nitrogens with zero attached hydrogens (tertiary/aromatic N) is 1. The summed E-state index contributed by atoms with van der Waals surface area (Å²) in [4.78, 5) is 11.5. The van der Waals surface area contributed by atoms with Gasteiger partial charge in [0.1, 0.15) is 11.4 Å². The number of aromatic amines is 1. The fourth-order valence-corrected chi connectivity index (χ4v) is 1.14. The van der Waals surface area contributed by atoms with Crippen molar-refractivity contribution in [3.05, 3.63) is 41.8 Å². The number of hydrogen-bond donors (Lipinski definition) is 2. The lowest BCUT2D eigenvalue weighted by atomic mass is 10.3. The van der Waals surface area contributed by atoms with E-state index in [9.17, 15) is 9.18 Å². The topological polar surface area (TPSA) is 81.0 Å². The summed E-state index contributed by atoms with van der Waals surface area (Å²) in [6.45, 7) is 0. The lowest BCUT2D eigenvalue weighted by Gasteiger charge is -2.03. The van der Waals surface area contributed by atoms with Gasteiger partial charge in [-0.3, -0.25) is 5.10 Å². The minimum Gasteiger partial charge on any atom is -0.420 e. The van der Waals surface area contributed by atoms with E-state index in [1.807, 2.05) is 0 Å². The molecule has 0 bridgehead atoms. The van der Waals surface area contributed by atoms with Gasteiger partial charge in [-0.1, -0.05) is 12.1 Å². The number of aromatic nitrogens is 2. The Kier molecular flexibility index (Phi) is 2.55. The third-order valence-electron chi connectivity index (χ3n) is 1.93. The molecule has 0 fully saturated rings. The molecule has 16 heavy (non-hydrogen) atoms. The largest absolute Gasteiger partial charge is 0.420 e. The van der Waals surface area contributed by atoms with Gasteiger partial charge in [0.25, 0.3) is 0 Å². The lowest BCUT2D eigenvalue weighted by Crippen LogP contribution is -2.10. The maximum Gasteiger partial charge on any atom is 0.349 e. The maximum atomic E-state index is 13.2. The van der Waals surface area contributed by atoms with E-state index in [4.69, 9.17) is 10.5 Å². The third kappa shape index (κ3) is 1.85. The first kappa shape index (κ1) is 10.2. The smallest absolute Gasteiger partial charge is 0.349 e. The van der Waals surface area contributed by atoms with Crippen LogP contribution in [0, 0.1) is 5.82 Å². The zero-order chi connectivity index (χ0) is 11.5. The minimum absolute atomic E-state index is 0.0725. The van der Waals surface area contributed by atoms with Gasteiger partial charge >= 0.3 is 5.97 Å². The highest BCUT2D eigenvalue weighted by Crippen LogP contribution is 2.18. The Bertz CT molecular complexity index is 524. The molecule has 2 rings (SSSR count). The van der Waals surface area contributed by atoms with Crippen LogP contribution in [0.15, 0.2) is 30.5 Å². The normalized spacial score (nSPS) is 10.1. The minimum atomic E-state index is -0.753. The summed E-state index contributed by atoms with van der Waals surface area (Å²) >= 11 is 0. The van der Waals surface area contributed by atoms with Gasteiger partial charge in [-0.2, -0.15) is 5.10 Å². The van der Waals surface area contributed by atoms with Crippen molar-refractivity contribution in [2.24, 2.45) is 0 Å². The molecule has 0 aliphatic heterocycles. The molecule has 0 atom stereocenters. The second-order valence-electron chi connectivity index (χ2n) is 3.02. The van der Waals surface area contributed by atoms with Crippen molar-refractivity contribution in [2.75, 3.05) is 5.73 Å². The summed E-state index contributed by atoms with van der Waals surface area (Å²) in [5.74, 6) is -1.43. The number of carbonyl (C=O) groups excluding carboxylic acids is 1. The van der Waals surface area contributed by atoms with Gasteiger partial charge in [0, 0.05) is 0 Å². The molecule has 3 N–H and O–H groups in total. The molecule has 5 nitrogen and oxygen atoms in total. The van der Waals surface area contributed by atoms with Crippen LogP contribution in [0.1, 0.15) is 10.4 Å². The van der Waals surface area contributed by atoms with Crippen LogP contribution in [0.5, 0.6) is 5.75 Å². The quantitative estimate of drug-likeness (QED) is 0.592. The second kappa shape index (κ2) is 4.01. The predicted molar refractivity (Wildman–Crippen MR) is 54.4 cm³/mol. The van der Waals surface area contributed by atoms with E-state index in [0.29, 0.717) is 0 Å². The van der Waals surface area contributed by atoms with Crippen LogP contribution >= 0.6 is 0 Å². The summed E-state index contributed by atoms with van der Waals surface area (Å²) in [6, 6.07) is 5.61. The molecule has 0 spiro atoms. The summed E-state index contributed by atoms with van der Waals surface area (Å²) < 4.78 is 18.0. The molecule has 1 heterocycles. The number of carbonyl (C=O) groups is 1. The van der Waals surface area contributed by atoms with E-state index in [-0.39, 0.29) is 17.1 Å². The number of nitrogens with one attached hydrogen (secondary N) is 1. The number of para-hydroxylation sites is 1. The maximum absolute atomic E-state index is 13.2. The SMILES string of the molecule is Nc1[nH]ncc1C(=O)Oc1ccccc1F. The van der Waals surface area contributed by atoms with Gasteiger partial charge in [0.15, 0.2) is 11.6 Å². The highest BCUT2D eigenvalue weighted by atomic mass is 19.1. The average molecular weight is 221 g/mol. The summed E-state index contributed by atoms with van der Waals surface area (Å²) in [6.07, 6.45) is 1.22. The van der Waals surface area contributed by atoms with Gasteiger partial charge < -0.3 is 10.5 Å². The van der Waals surface area contributed by atoms with Crippen molar-refractivity contribution in [1.82, 2.24) is 10.2 Å². The van der Waals surface area contributed by atoms with E-state index in [1.165, 1.54) is 24.4 Å². The van der Waals surface area contributed by atoms with Crippen LogP contribution < -0.4 is 10.5 Å². The van der Waals surface area contributed by atoms with Crippen LogP contribution in [0.25, 0.3) is 0 Å². The molecule has 0 saturated heterocycles. The van der Waals surface area contributed by atoms with Gasteiger partial charge in [-0.25, -0.2) is 9.18 Å². The van der Waals surface area contributed by atoms with Crippen molar-refractivity contribution in [3.63, 3.8) is 0 Å². The Morgan fingerprint density at radius 2 is 2.19 bits per heavy atom. The molecule has 1 aromatic carbocycles. The number of nitrogen functional groups attached to an aromatic ring is 1. The first-order chi connectivity index (χ1) is 7.68. The molecule has 82 valence electrons. The highest BCUT2D eigenvalue weighted by molar-refractivity contribution is 5.95. The molecule has 0 amide bonds. The van der Waals surface area contributed by atoms with E-state index >= 15 is 0 Å². The van der Waals surface area contributed by atoms with Crippen molar-refractivity contribution in [1.29, 1.82) is 0 Å². The van der Waals surface area contributed by atoms with Crippen LogP contribution in [-0.4, -0.2) is 16.2 Å². The zero-order valence-corrected chi connectivity index (χ0v) is 8.11. The summed E-state index contributed by atoms with van der Waals surface area (Å²) in [5.41, 5.74) is 5.49. The molecule has 6 heteroatoms. The lowest BCUT2D eigenvalue weighted by molar-refractivity contribution is 0.0729. The van der Waals surface area contributed by atoms with Crippen LogP contribution in [-0.2, 0) is 0 Å². The first-order valence-electron chi connectivity index (χ1n) is 4.44. The molecule has 0 radical (unpaired) electrons. The van der Waals surface area contributed by atoms with Gasteiger partial charge in [-0.15, -0.1) is 0 Å². The van der Waals surface area contributed by atoms with Crippen LogP contribution in [0.2, 0.25) is 0 Å². The van der Waals surface area contributed by atoms with E-state index in [0.717, 1.165) is 0 Å². The highest BCUT2D eigenvalue weighted by Gasteiger charge is 2.15. The van der Waals surface area contributed by atoms with Gasteiger partial charge in [0.05, 0.1) is 6.20 Å². The number of esters is 1. The fraction of sp³-hybridized carbons (Fsp3) is 0. The van der Waals surface area contributed by atoms with E-state index < -0.39 is 11.8 Å². The standard InChI is InChI=1S/C10H8FN3O2/c11-7-3-1-2-4-8(7)16-10(15)6-5-13-14-9(6)12/h1-5H,(H3,12,13,14). The first-order valence-corrected chi connectivity index (χ1v) is 4.44. The molecule has 0 saturated carbocycles. The van der Waals surface area contributed by atoms with Crippen molar-refractivity contribution in [2.45, 2.75) is 0 Å². The molecule has 0 unspecified atom stereocenters. The van der Waals surface area contributed by atoms with Crippen molar-refractivity contribution in [3.8, 4) is 5.75 Å². The summed E-state index contributed by atoms with van der Waals surface area (Å²) in [7, 11) is 0. The Morgan fingerprint density at radius 1 is 1.44 bits per heavy atom. The number of hydrogen-bond acceptors (Lipinski definition) is 4.